The molecule has 0 saturated carbocycles. The molecule has 1 aliphatic heterocycles. The molecule has 0 spiro atoms. The van der Waals surface area contributed by atoms with Gasteiger partial charge in [0, 0.05) is 24.7 Å². The summed E-state index contributed by atoms with van der Waals surface area (Å²) in [6.07, 6.45) is 5.31. The van der Waals surface area contributed by atoms with Gasteiger partial charge in [-0.15, -0.1) is 0 Å². The van der Waals surface area contributed by atoms with Crippen LogP contribution in [0.4, 0.5) is 5.69 Å². The number of benzene rings is 2. The lowest BCUT2D eigenvalue weighted by atomic mass is 10.1. The molecule has 164 valence electrons. The van der Waals surface area contributed by atoms with Crippen LogP contribution >= 0.6 is 0 Å². The van der Waals surface area contributed by atoms with Gasteiger partial charge in [0.1, 0.15) is 5.75 Å². The van der Waals surface area contributed by atoms with Crippen molar-refractivity contribution in [1.82, 2.24) is 4.90 Å². The molecule has 2 aromatic rings. The number of ether oxygens (including phenoxy) is 2. The number of piperidine rings is 1. The minimum absolute atomic E-state index is 0.0436. The standard InChI is InChI=1S/C24H28N2O5/c1-26-13-11-19(12-14-26)31-16-18-15-17(7-9-22(18)30-2)8-10-23(27)25-21-6-4-3-5-20(21)24(28)29/h3-10,15,19H,11-14,16H2,1-2H3,(H,25,27)(H,28,29). The zero-order chi connectivity index (χ0) is 22.2. The highest BCUT2D eigenvalue weighted by molar-refractivity contribution is 6.06. The number of likely N-dealkylation sites (tertiary alicyclic amines) is 1. The van der Waals surface area contributed by atoms with Gasteiger partial charge in [-0.2, -0.15) is 0 Å². The number of hydrogen-bond acceptors (Lipinski definition) is 5. The predicted octanol–water partition coefficient (Wildman–Crippen LogP) is 3.66. The smallest absolute Gasteiger partial charge is 0.337 e. The largest absolute Gasteiger partial charge is 0.496 e. The van der Waals surface area contributed by atoms with Gasteiger partial charge in [-0.3, -0.25) is 4.79 Å². The number of carbonyl (C=O) groups is 2. The summed E-state index contributed by atoms with van der Waals surface area (Å²) in [5.41, 5.74) is 2.04. The molecule has 1 aliphatic rings. The third-order valence-electron chi connectivity index (χ3n) is 5.29. The highest BCUT2D eigenvalue weighted by Crippen LogP contribution is 2.24. The van der Waals surface area contributed by atoms with E-state index in [2.05, 4.69) is 17.3 Å². The van der Waals surface area contributed by atoms with E-state index in [1.807, 2.05) is 18.2 Å². The van der Waals surface area contributed by atoms with Gasteiger partial charge < -0.3 is 24.8 Å². The van der Waals surface area contributed by atoms with Crippen molar-refractivity contribution in [3.05, 3.63) is 65.2 Å². The third kappa shape index (κ3) is 6.41. The number of rotatable bonds is 8. The van der Waals surface area contributed by atoms with Crippen molar-refractivity contribution >= 4 is 23.6 Å². The van der Waals surface area contributed by atoms with Gasteiger partial charge in [0.05, 0.1) is 31.1 Å². The fraction of sp³-hybridized carbons (Fsp3) is 0.333. The number of carboxylic acid groups (broad SMARTS) is 1. The average molecular weight is 424 g/mol. The molecule has 7 nitrogen and oxygen atoms in total. The molecular formula is C24H28N2O5. The number of carboxylic acids is 1. The summed E-state index contributed by atoms with van der Waals surface area (Å²) in [6.45, 7) is 2.51. The molecule has 2 N–H and O–H groups in total. The monoisotopic (exact) mass is 424 g/mol. The maximum Gasteiger partial charge on any atom is 0.337 e. The number of nitrogens with zero attached hydrogens (tertiary/aromatic N) is 1. The van der Waals surface area contributed by atoms with E-state index in [9.17, 15) is 14.7 Å². The summed E-state index contributed by atoms with van der Waals surface area (Å²) < 4.78 is 11.5. The van der Waals surface area contributed by atoms with E-state index in [0.29, 0.717) is 6.61 Å². The molecule has 7 heteroatoms. The van der Waals surface area contributed by atoms with E-state index in [1.54, 1.807) is 31.4 Å². The first kappa shape index (κ1) is 22.5. The lowest BCUT2D eigenvalue weighted by Gasteiger charge is -2.29. The Kier molecular flexibility index (Phi) is 7.81. The fourth-order valence-corrected chi connectivity index (χ4v) is 3.50. The highest BCUT2D eigenvalue weighted by atomic mass is 16.5. The van der Waals surface area contributed by atoms with Crippen LogP contribution in [-0.4, -0.2) is 55.2 Å². The third-order valence-corrected chi connectivity index (χ3v) is 5.29. The van der Waals surface area contributed by atoms with Crippen molar-refractivity contribution in [3.63, 3.8) is 0 Å². The molecule has 0 bridgehead atoms. The number of hydrogen-bond donors (Lipinski definition) is 2. The number of carbonyl (C=O) groups excluding carboxylic acids is 1. The Hall–Kier alpha value is -3.16. The maximum absolute atomic E-state index is 12.3. The minimum Gasteiger partial charge on any atom is -0.496 e. The first-order chi connectivity index (χ1) is 15.0. The summed E-state index contributed by atoms with van der Waals surface area (Å²) in [5, 5.41) is 11.8. The fourth-order valence-electron chi connectivity index (χ4n) is 3.50. The summed E-state index contributed by atoms with van der Waals surface area (Å²) >= 11 is 0. The number of amides is 1. The Bertz CT molecular complexity index is 949. The van der Waals surface area contributed by atoms with E-state index < -0.39 is 11.9 Å². The van der Waals surface area contributed by atoms with Crippen LogP contribution in [0.2, 0.25) is 0 Å². The summed E-state index contributed by atoms with van der Waals surface area (Å²) in [6, 6.07) is 11.9. The van der Waals surface area contributed by atoms with Crippen LogP contribution in [0.25, 0.3) is 6.08 Å². The average Bonchev–Trinajstić information content (AvgIpc) is 2.77. The lowest BCUT2D eigenvalue weighted by Crippen LogP contribution is -2.34. The Morgan fingerprint density at radius 2 is 1.94 bits per heavy atom. The number of aromatic carboxylic acids is 1. The first-order valence-corrected chi connectivity index (χ1v) is 10.2. The number of para-hydroxylation sites is 1. The zero-order valence-corrected chi connectivity index (χ0v) is 17.8. The van der Waals surface area contributed by atoms with Crippen LogP contribution in [0, 0.1) is 0 Å². The molecular weight excluding hydrogens is 396 g/mol. The van der Waals surface area contributed by atoms with Crippen molar-refractivity contribution in [3.8, 4) is 5.75 Å². The molecule has 0 aliphatic carbocycles. The molecule has 1 amide bonds. The number of anilines is 1. The van der Waals surface area contributed by atoms with Crippen LogP contribution in [0.1, 0.15) is 34.3 Å². The van der Waals surface area contributed by atoms with Gasteiger partial charge in [-0.05, 0) is 55.8 Å². The van der Waals surface area contributed by atoms with Crippen molar-refractivity contribution < 1.29 is 24.2 Å². The van der Waals surface area contributed by atoms with Crippen LogP contribution in [0.15, 0.2) is 48.5 Å². The van der Waals surface area contributed by atoms with Crippen LogP contribution in [-0.2, 0) is 16.1 Å². The van der Waals surface area contributed by atoms with Gasteiger partial charge in [0.15, 0.2) is 0 Å². The topological polar surface area (TPSA) is 88.1 Å². The van der Waals surface area contributed by atoms with Crippen molar-refractivity contribution in [1.29, 1.82) is 0 Å². The van der Waals surface area contributed by atoms with Crippen LogP contribution in [0.5, 0.6) is 5.75 Å². The van der Waals surface area contributed by atoms with Crippen molar-refractivity contribution in [2.24, 2.45) is 0 Å². The second-order valence-electron chi connectivity index (χ2n) is 7.56. The second kappa shape index (κ2) is 10.7. The Balaban J connectivity index is 1.64. The zero-order valence-electron chi connectivity index (χ0n) is 17.8. The van der Waals surface area contributed by atoms with Gasteiger partial charge in [0.25, 0.3) is 0 Å². The van der Waals surface area contributed by atoms with Gasteiger partial charge in [-0.25, -0.2) is 4.79 Å². The lowest BCUT2D eigenvalue weighted by molar-refractivity contribution is -0.111. The van der Waals surface area contributed by atoms with Crippen LogP contribution < -0.4 is 10.1 Å². The SMILES string of the molecule is COc1ccc(C=CC(=O)Nc2ccccc2C(=O)O)cc1COC1CCN(C)CC1. The van der Waals surface area contributed by atoms with Crippen LogP contribution in [0.3, 0.4) is 0 Å². The van der Waals surface area contributed by atoms with Gasteiger partial charge >= 0.3 is 5.97 Å². The van der Waals surface area contributed by atoms with E-state index in [0.717, 1.165) is 42.8 Å². The molecule has 0 radical (unpaired) electrons. The Morgan fingerprint density at radius 3 is 2.65 bits per heavy atom. The summed E-state index contributed by atoms with van der Waals surface area (Å²) in [5.74, 6) is -0.761. The highest BCUT2D eigenvalue weighted by Gasteiger charge is 2.17. The van der Waals surface area contributed by atoms with E-state index in [4.69, 9.17) is 9.47 Å². The quantitative estimate of drug-likeness (QED) is 0.629. The summed E-state index contributed by atoms with van der Waals surface area (Å²) in [4.78, 5) is 25.9. The molecule has 0 aromatic heterocycles. The van der Waals surface area contributed by atoms with E-state index in [1.165, 1.54) is 12.1 Å². The molecule has 31 heavy (non-hydrogen) atoms. The molecule has 1 saturated heterocycles. The Morgan fingerprint density at radius 1 is 1.19 bits per heavy atom. The van der Waals surface area contributed by atoms with Gasteiger partial charge in [0.2, 0.25) is 5.91 Å². The van der Waals surface area contributed by atoms with Gasteiger partial charge in [-0.1, -0.05) is 18.2 Å². The predicted molar refractivity (Wildman–Crippen MR) is 119 cm³/mol. The molecule has 0 unspecified atom stereocenters. The molecule has 1 fully saturated rings. The maximum atomic E-state index is 12.3. The summed E-state index contributed by atoms with van der Waals surface area (Å²) in [7, 11) is 3.74. The number of nitrogens with one attached hydrogen (secondary N) is 1. The molecule has 3 rings (SSSR count). The minimum atomic E-state index is -1.09. The molecule has 2 aromatic carbocycles. The molecule has 1 heterocycles. The number of methoxy groups -OCH3 is 1. The van der Waals surface area contributed by atoms with Crippen molar-refractivity contribution in [2.75, 3.05) is 32.6 Å². The van der Waals surface area contributed by atoms with E-state index in [-0.39, 0.29) is 17.4 Å². The van der Waals surface area contributed by atoms with Crippen molar-refractivity contribution in [2.45, 2.75) is 25.6 Å². The first-order valence-electron chi connectivity index (χ1n) is 10.2. The second-order valence-corrected chi connectivity index (χ2v) is 7.56. The molecule has 0 atom stereocenters. The normalized spacial score (nSPS) is 15.2. The Labute approximate surface area is 182 Å². The van der Waals surface area contributed by atoms with E-state index >= 15 is 0 Å².